The Kier molecular flexibility index (Phi) is 4.85. The van der Waals surface area contributed by atoms with Crippen molar-refractivity contribution in [3.05, 3.63) is 64.0 Å². The van der Waals surface area contributed by atoms with Crippen LogP contribution >= 0.6 is 11.8 Å². The van der Waals surface area contributed by atoms with E-state index in [9.17, 15) is 14.9 Å². The van der Waals surface area contributed by atoms with Crippen LogP contribution < -0.4 is 11.3 Å². The van der Waals surface area contributed by atoms with Crippen LogP contribution in [0.4, 0.5) is 5.69 Å². The monoisotopic (exact) mass is 304 g/mol. The number of thioether (sulfide) groups is 1. The van der Waals surface area contributed by atoms with E-state index in [-0.39, 0.29) is 11.4 Å². The number of nitrogens with one attached hydrogen (secondary N) is 1. The normalized spacial score (nSPS) is 10.1. The summed E-state index contributed by atoms with van der Waals surface area (Å²) in [5.41, 5.74) is 3.28. The van der Waals surface area contributed by atoms with Gasteiger partial charge in [-0.1, -0.05) is 12.1 Å². The van der Waals surface area contributed by atoms with Gasteiger partial charge in [0.05, 0.1) is 4.92 Å². The quantitative estimate of drug-likeness (QED) is 0.287. The van der Waals surface area contributed by atoms with E-state index in [4.69, 9.17) is 5.84 Å². The number of nitrogens with two attached hydrogens (primary N) is 1. The molecule has 7 nitrogen and oxygen atoms in total. The number of rotatable bonds is 5. The molecule has 0 saturated heterocycles. The smallest absolute Gasteiger partial charge is 0.283 e. The third kappa shape index (κ3) is 4.01. The first-order chi connectivity index (χ1) is 10.1. The lowest BCUT2D eigenvalue weighted by atomic mass is 10.2. The van der Waals surface area contributed by atoms with Gasteiger partial charge in [0.15, 0.2) is 0 Å². The molecule has 1 aromatic carbocycles. The fourth-order valence-electron chi connectivity index (χ4n) is 1.58. The molecule has 0 radical (unpaired) electrons. The largest absolute Gasteiger partial charge is 0.289 e. The first kappa shape index (κ1) is 14.9. The van der Waals surface area contributed by atoms with Gasteiger partial charge in [-0.3, -0.25) is 25.3 Å². The second kappa shape index (κ2) is 6.82. The minimum atomic E-state index is -0.451. The lowest BCUT2D eigenvalue weighted by Crippen LogP contribution is -2.30. The Labute approximate surface area is 124 Å². The number of amides is 1. The molecule has 1 aromatic heterocycles. The molecule has 1 amide bonds. The number of nitro benzene ring substituents is 1. The van der Waals surface area contributed by atoms with Crippen LogP contribution in [-0.2, 0) is 5.75 Å². The summed E-state index contributed by atoms with van der Waals surface area (Å²) < 4.78 is 0. The average Bonchev–Trinajstić information content (AvgIpc) is 2.52. The van der Waals surface area contributed by atoms with Gasteiger partial charge < -0.3 is 0 Å². The highest BCUT2D eigenvalue weighted by Crippen LogP contribution is 2.24. The van der Waals surface area contributed by atoms with Gasteiger partial charge in [0.2, 0.25) is 0 Å². The highest BCUT2D eigenvalue weighted by Gasteiger charge is 2.07. The highest BCUT2D eigenvalue weighted by atomic mass is 32.2. The molecule has 2 rings (SSSR count). The van der Waals surface area contributed by atoms with Crippen molar-refractivity contribution in [2.75, 3.05) is 0 Å². The number of pyridine rings is 1. The molecule has 21 heavy (non-hydrogen) atoms. The molecule has 0 aliphatic heterocycles. The zero-order valence-electron chi connectivity index (χ0n) is 10.9. The minimum Gasteiger partial charge on any atom is -0.289 e. The van der Waals surface area contributed by atoms with E-state index < -0.39 is 10.8 Å². The van der Waals surface area contributed by atoms with E-state index in [0.29, 0.717) is 5.75 Å². The molecule has 0 saturated carbocycles. The van der Waals surface area contributed by atoms with Crippen molar-refractivity contribution in [3.63, 3.8) is 0 Å². The van der Waals surface area contributed by atoms with Crippen molar-refractivity contribution < 1.29 is 9.72 Å². The number of nitrogen functional groups attached to an aromatic ring is 1. The Morgan fingerprint density at radius 2 is 2.05 bits per heavy atom. The average molecular weight is 304 g/mol. The Hall–Kier alpha value is -2.45. The fraction of sp³-hybridized carbons (Fsp3) is 0.0769. The van der Waals surface area contributed by atoms with Crippen LogP contribution in [0.5, 0.6) is 0 Å². The van der Waals surface area contributed by atoms with E-state index in [1.807, 2.05) is 5.43 Å². The molecule has 0 unspecified atom stereocenters. The van der Waals surface area contributed by atoms with E-state index in [1.165, 1.54) is 30.1 Å². The Bertz CT molecular complexity index is 661. The Morgan fingerprint density at radius 1 is 1.33 bits per heavy atom. The second-order valence-electron chi connectivity index (χ2n) is 4.06. The number of nitrogens with zero attached hydrogens (tertiary/aromatic N) is 2. The summed E-state index contributed by atoms with van der Waals surface area (Å²) in [6.45, 7) is 0. The molecule has 3 N–H and O–H groups in total. The molecule has 108 valence electrons. The van der Waals surface area contributed by atoms with Crippen molar-refractivity contribution in [3.8, 4) is 0 Å². The van der Waals surface area contributed by atoms with E-state index in [1.54, 1.807) is 24.3 Å². The molecule has 1 heterocycles. The molecule has 0 bridgehead atoms. The van der Waals surface area contributed by atoms with Crippen molar-refractivity contribution in [2.24, 2.45) is 5.84 Å². The fourth-order valence-corrected chi connectivity index (χ4v) is 2.46. The number of hydrogen-bond donors (Lipinski definition) is 2. The maximum Gasteiger partial charge on any atom is 0.283 e. The number of benzene rings is 1. The molecule has 0 fully saturated rings. The highest BCUT2D eigenvalue weighted by molar-refractivity contribution is 7.98. The number of non-ortho nitro benzene ring substituents is 1. The van der Waals surface area contributed by atoms with E-state index in [2.05, 4.69) is 4.98 Å². The van der Waals surface area contributed by atoms with Gasteiger partial charge in [-0.2, -0.15) is 0 Å². The minimum absolute atomic E-state index is 0.0644. The predicted molar refractivity (Wildman–Crippen MR) is 78.5 cm³/mol. The first-order valence-electron chi connectivity index (χ1n) is 5.93. The molecule has 2 aromatic rings. The van der Waals surface area contributed by atoms with Crippen molar-refractivity contribution >= 4 is 23.4 Å². The van der Waals surface area contributed by atoms with Gasteiger partial charge in [-0.25, -0.2) is 5.84 Å². The maximum atomic E-state index is 11.4. The van der Waals surface area contributed by atoms with Crippen LogP contribution in [0.25, 0.3) is 0 Å². The van der Waals surface area contributed by atoms with Gasteiger partial charge in [0.25, 0.3) is 11.6 Å². The second-order valence-corrected chi connectivity index (χ2v) is 5.11. The van der Waals surface area contributed by atoms with Crippen LogP contribution in [0.1, 0.15) is 16.1 Å². The van der Waals surface area contributed by atoms with Crippen LogP contribution in [-0.4, -0.2) is 15.8 Å². The molecule has 0 atom stereocenters. The molecule has 0 aliphatic rings. The number of hydrogen-bond acceptors (Lipinski definition) is 6. The number of carbonyl (C=O) groups excluding carboxylic acids is 1. The number of aromatic nitrogens is 1. The lowest BCUT2D eigenvalue weighted by molar-refractivity contribution is -0.384. The third-order valence-electron chi connectivity index (χ3n) is 2.65. The van der Waals surface area contributed by atoms with Gasteiger partial charge >= 0.3 is 0 Å². The summed E-state index contributed by atoms with van der Waals surface area (Å²) in [6.07, 6.45) is 1.53. The van der Waals surface area contributed by atoms with Gasteiger partial charge in [-0.15, -0.1) is 11.8 Å². The summed E-state index contributed by atoms with van der Waals surface area (Å²) in [4.78, 5) is 26.3. The molecular formula is C13H12N4O3S. The summed E-state index contributed by atoms with van der Waals surface area (Å²) in [5.74, 6) is 5.24. The standard InChI is InChI=1S/C13H12N4O3S/c14-16-13(18)12-7-11(5-6-15-12)21-8-9-1-3-10(4-2-9)17(19)20/h1-7H,8,14H2,(H,16,18). The topological polar surface area (TPSA) is 111 Å². The van der Waals surface area contributed by atoms with E-state index >= 15 is 0 Å². The van der Waals surface area contributed by atoms with Crippen LogP contribution in [0.3, 0.4) is 0 Å². The zero-order valence-corrected chi connectivity index (χ0v) is 11.7. The van der Waals surface area contributed by atoms with E-state index in [0.717, 1.165) is 10.5 Å². The zero-order chi connectivity index (χ0) is 15.2. The third-order valence-corrected chi connectivity index (χ3v) is 3.71. The molecule has 0 aliphatic carbocycles. The molecular weight excluding hydrogens is 292 g/mol. The summed E-state index contributed by atoms with van der Waals surface area (Å²) in [6, 6.07) is 9.77. The maximum absolute atomic E-state index is 11.4. The Balaban J connectivity index is 2.02. The first-order valence-corrected chi connectivity index (χ1v) is 6.92. The number of carbonyl (C=O) groups is 1. The Morgan fingerprint density at radius 3 is 2.67 bits per heavy atom. The molecule has 0 spiro atoms. The summed E-state index contributed by atoms with van der Waals surface area (Å²) in [7, 11) is 0. The number of hydrazine groups is 1. The number of nitro groups is 1. The van der Waals surface area contributed by atoms with Gasteiger partial charge in [0, 0.05) is 29.0 Å². The SMILES string of the molecule is NNC(=O)c1cc(SCc2ccc([N+](=O)[O-])cc2)ccn1. The van der Waals surface area contributed by atoms with Gasteiger partial charge in [-0.05, 0) is 17.7 Å². The van der Waals surface area contributed by atoms with Crippen molar-refractivity contribution in [1.29, 1.82) is 0 Å². The van der Waals surface area contributed by atoms with Crippen LogP contribution in [0.15, 0.2) is 47.5 Å². The summed E-state index contributed by atoms with van der Waals surface area (Å²) >= 11 is 1.50. The van der Waals surface area contributed by atoms with Crippen molar-refractivity contribution in [2.45, 2.75) is 10.6 Å². The van der Waals surface area contributed by atoms with Crippen LogP contribution in [0, 0.1) is 10.1 Å². The van der Waals surface area contributed by atoms with Gasteiger partial charge in [0.1, 0.15) is 5.69 Å². The predicted octanol–water partition coefficient (Wildman–Crippen LogP) is 1.89. The molecule has 8 heteroatoms. The van der Waals surface area contributed by atoms with Crippen molar-refractivity contribution in [1.82, 2.24) is 10.4 Å². The lowest BCUT2D eigenvalue weighted by Gasteiger charge is -2.04. The van der Waals surface area contributed by atoms with Crippen LogP contribution in [0.2, 0.25) is 0 Å². The summed E-state index contributed by atoms with van der Waals surface area (Å²) in [5, 5.41) is 10.6.